The van der Waals surface area contributed by atoms with Crippen LogP contribution < -0.4 is 20.1 Å². The third-order valence-electron chi connectivity index (χ3n) is 5.76. The molecule has 2 heterocycles. The molecule has 6 nitrogen and oxygen atoms in total. The number of carbonyl (C=O) groups is 1. The van der Waals surface area contributed by atoms with Crippen molar-refractivity contribution in [3.63, 3.8) is 0 Å². The van der Waals surface area contributed by atoms with Gasteiger partial charge in [0.05, 0.1) is 0 Å². The molecule has 1 spiro atoms. The lowest BCUT2D eigenvalue weighted by Crippen LogP contribution is -2.35. The normalized spacial score (nSPS) is 23.7. The molecule has 0 radical (unpaired) electrons. The molecule has 142 valence electrons. The van der Waals surface area contributed by atoms with E-state index in [9.17, 15) is 4.79 Å². The van der Waals surface area contributed by atoms with Gasteiger partial charge in [-0.2, -0.15) is 0 Å². The molecule has 2 amide bonds. The SMILES string of the molecule is CC(C)N1CC[C@H](CNC(=O)Nc2ccc3c(c2)OC2(CCCC2)O3)C1. The van der Waals surface area contributed by atoms with E-state index in [1.54, 1.807) is 0 Å². The molecule has 6 heteroatoms. The number of amides is 2. The molecule has 2 N–H and O–H groups in total. The molecule has 4 rings (SSSR count). The van der Waals surface area contributed by atoms with E-state index in [-0.39, 0.29) is 6.03 Å². The number of carbonyl (C=O) groups excluding carboxylic acids is 1. The fourth-order valence-electron chi connectivity index (χ4n) is 4.20. The van der Waals surface area contributed by atoms with Gasteiger partial charge >= 0.3 is 6.03 Å². The van der Waals surface area contributed by atoms with Crippen LogP contribution in [0.3, 0.4) is 0 Å². The number of nitrogens with zero attached hydrogens (tertiary/aromatic N) is 1. The molecule has 2 fully saturated rings. The zero-order valence-corrected chi connectivity index (χ0v) is 15.7. The van der Waals surface area contributed by atoms with Crippen molar-refractivity contribution < 1.29 is 14.3 Å². The van der Waals surface area contributed by atoms with Gasteiger partial charge in [0.15, 0.2) is 11.5 Å². The second kappa shape index (κ2) is 6.99. The number of ether oxygens (including phenoxy) is 2. The fraction of sp³-hybridized carbons (Fsp3) is 0.650. The quantitative estimate of drug-likeness (QED) is 0.862. The summed E-state index contributed by atoms with van der Waals surface area (Å²) in [6, 6.07) is 6.02. The summed E-state index contributed by atoms with van der Waals surface area (Å²) >= 11 is 0. The Hall–Kier alpha value is -1.95. The molecule has 3 aliphatic rings. The molecule has 1 atom stereocenters. The molecule has 26 heavy (non-hydrogen) atoms. The molecule has 1 saturated carbocycles. The van der Waals surface area contributed by atoms with E-state index in [0.29, 0.717) is 18.5 Å². The van der Waals surface area contributed by atoms with E-state index >= 15 is 0 Å². The summed E-state index contributed by atoms with van der Waals surface area (Å²) < 4.78 is 12.1. The lowest BCUT2D eigenvalue weighted by Gasteiger charge is -2.21. The third kappa shape index (κ3) is 3.61. The van der Waals surface area contributed by atoms with E-state index in [1.807, 2.05) is 18.2 Å². The van der Waals surface area contributed by atoms with Crippen molar-refractivity contribution in [1.29, 1.82) is 0 Å². The van der Waals surface area contributed by atoms with Crippen LogP contribution in [0.4, 0.5) is 10.5 Å². The van der Waals surface area contributed by atoms with Gasteiger partial charge in [0, 0.05) is 43.7 Å². The minimum absolute atomic E-state index is 0.164. The lowest BCUT2D eigenvalue weighted by molar-refractivity contribution is -0.0716. The first-order chi connectivity index (χ1) is 12.5. The van der Waals surface area contributed by atoms with Crippen LogP contribution in [0.25, 0.3) is 0 Å². The number of anilines is 1. The second-order valence-corrected chi connectivity index (χ2v) is 8.06. The zero-order chi connectivity index (χ0) is 18.1. The molecular formula is C20H29N3O3. The Labute approximate surface area is 155 Å². The Morgan fingerprint density at radius 2 is 2.04 bits per heavy atom. The monoisotopic (exact) mass is 359 g/mol. The van der Waals surface area contributed by atoms with Gasteiger partial charge in [0.1, 0.15) is 0 Å². The van der Waals surface area contributed by atoms with E-state index in [1.165, 1.54) is 0 Å². The standard InChI is InChI=1S/C20H29N3O3/c1-14(2)23-10-7-15(13-23)12-21-19(24)22-16-5-6-17-18(11-16)26-20(25-17)8-3-4-9-20/h5-6,11,14-15H,3-4,7-10,12-13H2,1-2H3,(H2,21,22,24)/t15-/m1/s1. The smallest absolute Gasteiger partial charge is 0.319 e. The highest BCUT2D eigenvalue weighted by molar-refractivity contribution is 5.89. The Kier molecular flexibility index (Phi) is 4.69. The summed E-state index contributed by atoms with van der Waals surface area (Å²) in [6.45, 7) is 7.33. The maximum Gasteiger partial charge on any atom is 0.319 e. The van der Waals surface area contributed by atoms with Crippen LogP contribution in [0.1, 0.15) is 46.0 Å². The van der Waals surface area contributed by atoms with E-state index in [0.717, 1.165) is 62.4 Å². The van der Waals surface area contributed by atoms with Crippen molar-refractivity contribution in [3.05, 3.63) is 18.2 Å². The summed E-state index contributed by atoms with van der Waals surface area (Å²) in [7, 11) is 0. The van der Waals surface area contributed by atoms with Crippen molar-refractivity contribution in [1.82, 2.24) is 10.2 Å². The predicted octanol–water partition coefficient (Wildman–Crippen LogP) is 3.58. The van der Waals surface area contributed by atoms with Crippen molar-refractivity contribution in [2.75, 3.05) is 25.0 Å². The number of likely N-dealkylation sites (tertiary alicyclic amines) is 1. The topological polar surface area (TPSA) is 62.8 Å². The summed E-state index contributed by atoms with van der Waals surface area (Å²) in [4.78, 5) is 14.7. The Morgan fingerprint density at radius 1 is 1.27 bits per heavy atom. The van der Waals surface area contributed by atoms with Gasteiger partial charge in [0.25, 0.3) is 5.79 Å². The van der Waals surface area contributed by atoms with Crippen molar-refractivity contribution in [2.24, 2.45) is 5.92 Å². The Balaban J connectivity index is 1.28. The van der Waals surface area contributed by atoms with Crippen LogP contribution in [-0.4, -0.2) is 42.4 Å². The van der Waals surface area contributed by atoms with Gasteiger partial charge in [-0.3, -0.25) is 0 Å². The van der Waals surface area contributed by atoms with Gasteiger partial charge in [-0.1, -0.05) is 0 Å². The zero-order valence-electron chi connectivity index (χ0n) is 15.7. The number of fused-ring (bicyclic) bond motifs is 1. The van der Waals surface area contributed by atoms with E-state index in [2.05, 4.69) is 29.4 Å². The molecular weight excluding hydrogens is 330 g/mol. The molecule has 2 aliphatic heterocycles. The number of hydrogen-bond acceptors (Lipinski definition) is 4. The summed E-state index contributed by atoms with van der Waals surface area (Å²) in [6.07, 6.45) is 5.28. The maximum absolute atomic E-state index is 12.2. The minimum Gasteiger partial charge on any atom is -0.448 e. The highest BCUT2D eigenvalue weighted by Crippen LogP contribution is 2.47. The first kappa shape index (κ1) is 17.5. The summed E-state index contributed by atoms with van der Waals surface area (Å²) in [5.41, 5.74) is 0.732. The molecule has 1 aromatic carbocycles. The summed E-state index contributed by atoms with van der Waals surface area (Å²) in [5.74, 6) is 1.57. The minimum atomic E-state index is -0.464. The van der Waals surface area contributed by atoms with Crippen LogP contribution >= 0.6 is 0 Å². The van der Waals surface area contributed by atoms with Crippen LogP contribution in [0.2, 0.25) is 0 Å². The first-order valence-electron chi connectivity index (χ1n) is 9.84. The van der Waals surface area contributed by atoms with Crippen LogP contribution in [-0.2, 0) is 0 Å². The van der Waals surface area contributed by atoms with Gasteiger partial charge < -0.3 is 25.0 Å². The third-order valence-corrected chi connectivity index (χ3v) is 5.76. The van der Waals surface area contributed by atoms with Crippen molar-refractivity contribution in [2.45, 2.75) is 57.8 Å². The van der Waals surface area contributed by atoms with Crippen molar-refractivity contribution >= 4 is 11.7 Å². The van der Waals surface area contributed by atoms with Crippen LogP contribution in [0.15, 0.2) is 18.2 Å². The van der Waals surface area contributed by atoms with Gasteiger partial charge in [-0.05, 0) is 57.7 Å². The highest BCUT2D eigenvalue weighted by atomic mass is 16.7. The van der Waals surface area contributed by atoms with E-state index < -0.39 is 5.79 Å². The average Bonchev–Trinajstić information content (AvgIpc) is 3.32. The predicted molar refractivity (Wildman–Crippen MR) is 101 cm³/mol. The molecule has 1 aliphatic carbocycles. The highest BCUT2D eigenvalue weighted by Gasteiger charge is 2.44. The molecule has 0 unspecified atom stereocenters. The Bertz CT molecular complexity index is 670. The van der Waals surface area contributed by atoms with Crippen LogP contribution in [0, 0.1) is 5.92 Å². The number of benzene rings is 1. The van der Waals surface area contributed by atoms with E-state index in [4.69, 9.17) is 9.47 Å². The fourth-order valence-corrected chi connectivity index (χ4v) is 4.20. The Morgan fingerprint density at radius 3 is 2.77 bits per heavy atom. The molecule has 0 bridgehead atoms. The first-order valence-corrected chi connectivity index (χ1v) is 9.84. The molecule has 0 aromatic heterocycles. The maximum atomic E-state index is 12.2. The number of rotatable bonds is 4. The molecule has 1 saturated heterocycles. The second-order valence-electron chi connectivity index (χ2n) is 8.06. The number of urea groups is 1. The average molecular weight is 359 g/mol. The van der Waals surface area contributed by atoms with Crippen molar-refractivity contribution in [3.8, 4) is 11.5 Å². The van der Waals surface area contributed by atoms with Gasteiger partial charge in [-0.15, -0.1) is 0 Å². The van der Waals surface area contributed by atoms with Gasteiger partial charge in [0.2, 0.25) is 0 Å². The molecule has 1 aromatic rings. The largest absolute Gasteiger partial charge is 0.448 e. The van der Waals surface area contributed by atoms with Crippen LogP contribution in [0.5, 0.6) is 11.5 Å². The number of hydrogen-bond donors (Lipinski definition) is 2. The summed E-state index contributed by atoms with van der Waals surface area (Å²) in [5, 5.41) is 5.91. The van der Waals surface area contributed by atoms with Gasteiger partial charge in [-0.25, -0.2) is 4.79 Å². The number of nitrogens with one attached hydrogen (secondary N) is 2. The lowest BCUT2D eigenvalue weighted by atomic mass is 10.1.